The zero-order chi connectivity index (χ0) is 8.67. The highest BCUT2D eigenvalue weighted by Crippen LogP contribution is 2.37. The van der Waals surface area contributed by atoms with Gasteiger partial charge >= 0.3 is 0 Å². The van der Waals surface area contributed by atoms with Crippen molar-refractivity contribution in [1.29, 1.82) is 0 Å². The molecule has 13 heavy (non-hydrogen) atoms. The normalized spacial score (nSPS) is 23.1. The second-order valence-electron chi connectivity index (χ2n) is 3.53. The minimum atomic E-state index is 0.516. The van der Waals surface area contributed by atoms with Gasteiger partial charge in [0, 0.05) is 11.3 Å². The van der Waals surface area contributed by atoms with E-state index in [2.05, 4.69) is 47.8 Å². The van der Waals surface area contributed by atoms with Crippen molar-refractivity contribution in [1.82, 2.24) is 0 Å². The third-order valence-electron chi connectivity index (χ3n) is 2.73. The Kier molecular flexibility index (Phi) is 1.33. The van der Waals surface area contributed by atoms with Gasteiger partial charge in [-0.15, -0.1) is 0 Å². The first-order chi connectivity index (χ1) is 6.45. The molecule has 1 unspecified atom stereocenters. The van der Waals surface area contributed by atoms with Gasteiger partial charge in [0.05, 0.1) is 6.04 Å². The summed E-state index contributed by atoms with van der Waals surface area (Å²) in [4.78, 5) is 0. The molecule has 1 N–H and O–H groups in total. The highest BCUT2D eigenvalue weighted by atomic mass is 15.0. The summed E-state index contributed by atoms with van der Waals surface area (Å²) in [6.07, 6.45) is 7.69. The smallest absolute Gasteiger partial charge is 0.0555 e. The first-order valence-electron chi connectivity index (χ1n) is 4.68. The zero-order valence-corrected chi connectivity index (χ0v) is 7.33. The summed E-state index contributed by atoms with van der Waals surface area (Å²) in [5, 5.41) is 3.52. The standard InChI is InChI=1S/C12H11N/c1-3-7-11-9(5-1)10-6-2-4-8-12(10)13-11/h1-7,12-13H,8H2. The summed E-state index contributed by atoms with van der Waals surface area (Å²) >= 11 is 0. The van der Waals surface area contributed by atoms with Crippen molar-refractivity contribution < 1.29 is 0 Å². The van der Waals surface area contributed by atoms with Crippen LogP contribution in [0.5, 0.6) is 0 Å². The zero-order valence-electron chi connectivity index (χ0n) is 7.33. The first kappa shape index (κ1) is 6.96. The van der Waals surface area contributed by atoms with E-state index in [0.29, 0.717) is 6.04 Å². The van der Waals surface area contributed by atoms with Gasteiger partial charge in [-0.25, -0.2) is 0 Å². The Balaban J connectivity index is 2.18. The highest BCUT2D eigenvalue weighted by Gasteiger charge is 2.25. The van der Waals surface area contributed by atoms with Gasteiger partial charge in [-0.05, 0) is 18.1 Å². The number of allylic oxidation sites excluding steroid dienone is 2. The Morgan fingerprint density at radius 1 is 1.23 bits per heavy atom. The molecule has 2 aliphatic rings. The molecular formula is C12H11N. The van der Waals surface area contributed by atoms with Crippen molar-refractivity contribution in [3.63, 3.8) is 0 Å². The van der Waals surface area contributed by atoms with E-state index in [9.17, 15) is 0 Å². The van der Waals surface area contributed by atoms with E-state index in [4.69, 9.17) is 0 Å². The molecule has 1 nitrogen and oxygen atoms in total. The molecule has 1 atom stereocenters. The predicted octanol–water partition coefficient (Wildman–Crippen LogP) is 2.82. The fraction of sp³-hybridized carbons (Fsp3) is 0.167. The maximum absolute atomic E-state index is 3.52. The molecule has 1 aromatic carbocycles. The molecule has 64 valence electrons. The average Bonchev–Trinajstić information content (AvgIpc) is 2.56. The molecule has 1 heteroatoms. The minimum Gasteiger partial charge on any atom is -0.377 e. The van der Waals surface area contributed by atoms with Crippen molar-refractivity contribution >= 4 is 11.3 Å². The molecule has 1 aliphatic heterocycles. The Hall–Kier alpha value is -1.50. The quantitative estimate of drug-likeness (QED) is 0.629. The van der Waals surface area contributed by atoms with Gasteiger partial charge in [-0.3, -0.25) is 0 Å². The van der Waals surface area contributed by atoms with Crippen molar-refractivity contribution in [2.45, 2.75) is 12.5 Å². The van der Waals surface area contributed by atoms with E-state index in [1.54, 1.807) is 0 Å². The molecule has 1 aromatic rings. The highest BCUT2D eigenvalue weighted by molar-refractivity contribution is 5.88. The number of hydrogen-bond donors (Lipinski definition) is 1. The van der Waals surface area contributed by atoms with Crippen LogP contribution in [0.15, 0.2) is 42.5 Å². The number of hydrogen-bond acceptors (Lipinski definition) is 1. The minimum absolute atomic E-state index is 0.516. The molecule has 0 fully saturated rings. The van der Waals surface area contributed by atoms with Crippen LogP contribution in [0, 0.1) is 0 Å². The van der Waals surface area contributed by atoms with Crippen LogP contribution in [-0.2, 0) is 0 Å². The lowest BCUT2D eigenvalue weighted by Crippen LogP contribution is -2.14. The topological polar surface area (TPSA) is 12.0 Å². The molecule has 0 saturated carbocycles. The Labute approximate surface area is 77.8 Å². The van der Waals surface area contributed by atoms with Crippen LogP contribution in [0.4, 0.5) is 5.69 Å². The third kappa shape index (κ3) is 0.934. The van der Waals surface area contributed by atoms with E-state index in [-0.39, 0.29) is 0 Å². The van der Waals surface area contributed by atoms with Gasteiger partial charge in [-0.1, -0.05) is 36.4 Å². The summed E-state index contributed by atoms with van der Waals surface area (Å²) in [5.41, 5.74) is 4.09. The summed E-state index contributed by atoms with van der Waals surface area (Å²) in [5.74, 6) is 0. The third-order valence-corrected chi connectivity index (χ3v) is 2.73. The number of nitrogens with one attached hydrogen (secondary N) is 1. The van der Waals surface area contributed by atoms with Crippen LogP contribution >= 0.6 is 0 Å². The van der Waals surface area contributed by atoms with Crippen LogP contribution in [0.1, 0.15) is 12.0 Å². The lowest BCUT2D eigenvalue weighted by Gasteiger charge is -2.13. The van der Waals surface area contributed by atoms with Crippen LogP contribution in [0.25, 0.3) is 5.57 Å². The largest absolute Gasteiger partial charge is 0.377 e. The lowest BCUT2D eigenvalue weighted by molar-refractivity contribution is 0.928. The van der Waals surface area contributed by atoms with Gasteiger partial charge in [0.25, 0.3) is 0 Å². The molecule has 0 saturated heterocycles. The van der Waals surface area contributed by atoms with Gasteiger partial charge in [0.15, 0.2) is 0 Å². The second kappa shape index (κ2) is 2.49. The van der Waals surface area contributed by atoms with E-state index >= 15 is 0 Å². The molecule has 0 aromatic heterocycles. The van der Waals surface area contributed by atoms with Crippen LogP contribution in [0.3, 0.4) is 0 Å². The Morgan fingerprint density at radius 3 is 3.15 bits per heavy atom. The first-order valence-corrected chi connectivity index (χ1v) is 4.68. The molecule has 3 rings (SSSR count). The van der Waals surface area contributed by atoms with E-state index in [1.807, 2.05) is 0 Å². The number of benzene rings is 1. The number of para-hydroxylation sites is 1. The summed E-state index contributed by atoms with van der Waals surface area (Å²) in [6.45, 7) is 0. The van der Waals surface area contributed by atoms with Gasteiger partial charge in [0.2, 0.25) is 0 Å². The molecule has 1 heterocycles. The SMILES string of the molecule is C1=CCC2Nc3ccccc3C2=C1. The lowest BCUT2D eigenvalue weighted by atomic mass is 9.96. The Bertz CT molecular complexity index is 401. The van der Waals surface area contributed by atoms with Crippen LogP contribution < -0.4 is 5.32 Å². The number of anilines is 1. The maximum atomic E-state index is 3.52. The van der Waals surface area contributed by atoms with Gasteiger partial charge in [0.1, 0.15) is 0 Å². The summed E-state index contributed by atoms with van der Waals surface area (Å²) in [7, 11) is 0. The van der Waals surface area contributed by atoms with Gasteiger partial charge < -0.3 is 5.32 Å². The predicted molar refractivity (Wildman–Crippen MR) is 55.6 cm³/mol. The van der Waals surface area contributed by atoms with Crippen molar-refractivity contribution in [3.05, 3.63) is 48.1 Å². The molecular weight excluding hydrogens is 158 g/mol. The monoisotopic (exact) mass is 169 g/mol. The van der Waals surface area contributed by atoms with Crippen molar-refractivity contribution in [2.24, 2.45) is 0 Å². The molecule has 0 radical (unpaired) electrons. The molecule has 0 spiro atoms. The van der Waals surface area contributed by atoms with Crippen molar-refractivity contribution in [3.8, 4) is 0 Å². The number of fused-ring (bicyclic) bond motifs is 3. The Morgan fingerprint density at radius 2 is 2.15 bits per heavy atom. The van der Waals surface area contributed by atoms with E-state index in [0.717, 1.165) is 6.42 Å². The van der Waals surface area contributed by atoms with E-state index < -0.39 is 0 Å². The molecule has 0 amide bonds. The van der Waals surface area contributed by atoms with Gasteiger partial charge in [-0.2, -0.15) is 0 Å². The fourth-order valence-corrected chi connectivity index (χ4v) is 2.09. The molecule has 1 aliphatic carbocycles. The van der Waals surface area contributed by atoms with Crippen LogP contribution in [-0.4, -0.2) is 6.04 Å². The number of rotatable bonds is 0. The van der Waals surface area contributed by atoms with E-state index in [1.165, 1.54) is 16.8 Å². The fourth-order valence-electron chi connectivity index (χ4n) is 2.09. The van der Waals surface area contributed by atoms with Crippen molar-refractivity contribution in [2.75, 3.05) is 5.32 Å². The average molecular weight is 169 g/mol. The summed E-state index contributed by atoms with van der Waals surface area (Å²) < 4.78 is 0. The maximum Gasteiger partial charge on any atom is 0.0555 e. The van der Waals surface area contributed by atoms with Crippen LogP contribution in [0.2, 0.25) is 0 Å². The second-order valence-corrected chi connectivity index (χ2v) is 3.53. The molecule has 0 bridgehead atoms. The summed E-state index contributed by atoms with van der Waals surface area (Å²) in [6, 6.07) is 9.03.